The van der Waals surface area contributed by atoms with E-state index in [9.17, 15) is 19.5 Å². The van der Waals surface area contributed by atoms with Gasteiger partial charge < -0.3 is 25.0 Å². The summed E-state index contributed by atoms with van der Waals surface area (Å²) in [4.78, 5) is 38.6. The van der Waals surface area contributed by atoms with E-state index in [0.29, 0.717) is 62.3 Å². The molecule has 0 amide bonds. The van der Waals surface area contributed by atoms with Crippen LogP contribution in [0, 0.1) is 11.7 Å². The molecular weight excluding hydrogens is 441 g/mol. The van der Waals surface area contributed by atoms with E-state index in [2.05, 4.69) is 0 Å². The van der Waals surface area contributed by atoms with Crippen LogP contribution < -0.4 is 16.1 Å². The molecule has 34 heavy (non-hydrogen) atoms. The lowest BCUT2D eigenvalue weighted by molar-refractivity contribution is -0.152. The monoisotopic (exact) mass is 473 g/mol. The number of aryl methyl sites for hydroxylation is 1. The molecule has 1 aromatic carbocycles. The van der Waals surface area contributed by atoms with Crippen molar-refractivity contribution < 1.29 is 23.8 Å². The molecule has 0 radical (unpaired) electrons. The Labute approximate surface area is 197 Å². The second-order valence-electron chi connectivity index (χ2n) is 9.91. The van der Waals surface area contributed by atoms with Crippen LogP contribution in [0.25, 0.3) is 10.9 Å². The SMILES string of the molecule is CC(C)C[C@H](N)C(=O)OC1CCN(c2c(F)cc3c(=O)c(C(=O)O)cn4c3c2CC[C@@H]4C)CC1. The number of hydrogen-bond acceptors (Lipinski definition) is 6. The van der Waals surface area contributed by atoms with Crippen molar-refractivity contribution in [3.05, 3.63) is 39.4 Å². The van der Waals surface area contributed by atoms with Crippen LogP contribution in [0.5, 0.6) is 0 Å². The van der Waals surface area contributed by atoms with Crippen LogP contribution in [-0.4, -0.2) is 46.8 Å². The van der Waals surface area contributed by atoms with Gasteiger partial charge >= 0.3 is 11.9 Å². The van der Waals surface area contributed by atoms with Gasteiger partial charge in [-0.3, -0.25) is 9.59 Å². The lowest BCUT2D eigenvalue weighted by Gasteiger charge is -2.37. The first-order valence-corrected chi connectivity index (χ1v) is 11.9. The highest BCUT2D eigenvalue weighted by atomic mass is 19.1. The summed E-state index contributed by atoms with van der Waals surface area (Å²) in [5.41, 5.74) is 6.72. The highest BCUT2D eigenvalue weighted by molar-refractivity contribution is 5.95. The molecule has 2 atom stereocenters. The number of aromatic nitrogens is 1. The maximum absolute atomic E-state index is 15.4. The van der Waals surface area contributed by atoms with Gasteiger partial charge in [0.05, 0.1) is 11.2 Å². The zero-order chi connectivity index (χ0) is 24.7. The summed E-state index contributed by atoms with van der Waals surface area (Å²) in [6.07, 6.45) is 4.09. The number of carboxylic acids is 1. The summed E-state index contributed by atoms with van der Waals surface area (Å²) in [6, 6.07) is 0.524. The fourth-order valence-corrected chi connectivity index (χ4v) is 5.18. The Balaban J connectivity index is 1.61. The molecule has 8 nitrogen and oxygen atoms in total. The van der Waals surface area contributed by atoms with Crippen LogP contribution in [0.1, 0.15) is 68.4 Å². The van der Waals surface area contributed by atoms with Crippen LogP contribution in [0.15, 0.2) is 17.1 Å². The molecule has 0 saturated carbocycles. The standard InChI is InChI=1S/C25H32FN3O5/c1-13(2)10-20(27)25(33)34-15-6-8-28(9-7-15)22-16-5-4-14(3)29-12-18(24(31)32)23(30)17(21(16)29)11-19(22)26/h11-15,20H,4-10,27H2,1-3H3,(H,31,32)/t14-,20-/m0/s1. The number of anilines is 1. The number of carboxylic acid groups (broad SMARTS) is 1. The van der Waals surface area contributed by atoms with Crippen molar-refractivity contribution in [3.8, 4) is 0 Å². The van der Waals surface area contributed by atoms with Crippen molar-refractivity contribution in [2.75, 3.05) is 18.0 Å². The molecule has 1 saturated heterocycles. The number of nitrogens with two attached hydrogens (primary N) is 1. The fourth-order valence-electron chi connectivity index (χ4n) is 5.18. The van der Waals surface area contributed by atoms with E-state index >= 15 is 4.39 Å². The van der Waals surface area contributed by atoms with Gasteiger partial charge in [0.2, 0.25) is 5.43 Å². The van der Waals surface area contributed by atoms with Crippen LogP contribution in [-0.2, 0) is 16.0 Å². The molecule has 2 aliphatic heterocycles. The molecule has 0 bridgehead atoms. The number of halogens is 1. The molecule has 0 aliphatic carbocycles. The average molecular weight is 474 g/mol. The van der Waals surface area contributed by atoms with Gasteiger partial charge in [0, 0.05) is 49.1 Å². The number of ether oxygens (including phenoxy) is 1. The number of aromatic carboxylic acids is 1. The molecular formula is C25H32FN3O5. The van der Waals surface area contributed by atoms with Gasteiger partial charge in [-0.15, -0.1) is 0 Å². The molecule has 0 unspecified atom stereocenters. The summed E-state index contributed by atoms with van der Waals surface area (Å²) in [7, 11) is 0. The first-order chi connectivity index (χ1) is 16.1. The molecule has 2 aromatic rings. The summed E-state index contributed by atoms with van der Waals surface area (Å²) >= 11 is 0. The first kappa shape index (κ1) is 24.2. The number of benzene rings is 1. The van der Waals surface area contributed by atoms with Crippen LogP contribution >= 0.6 is 0 Å². The topological polar surface area (TPSA) is 115 Å². The maximum atomic E-state index is 15.4. The van der Waals surface area contributed by atoms with Gasteiger partial charge in [0.15, 0.2) is 0 Å². The molecule has 1 fully saturated rings. The summed E-state index contributed by atoms with van der Waals surface area (Å²) in [5.74, 6) is -1.95. The zero-order valence-corrected chi connectivity index (χ0v) is 19.8. The number of carbonyl (C=O) groups excluding carboxylic acids is 1. The molecule has 2 aliphatic rings. The Morgan fingerprint density at radius 2 is 1.94 bits per heavy atom. The quantitative estimate of drug-likeness (QED) is 0.619. The fraction of sp³-hybridized carbons (Fsp3) is 0.560. The third-order valence-corrected chi connectivity index (χ3v) is 6.93. The number of piperidine rings is 1. The average Bonchev–Trinajstić information content (AvgIpc) is 2.77. The highest BCUT2D eigenvalue weighted by Crippen LogP contribution is 2.39. The number of nitrogens with zero attached hydrogens (tertiary/aromatic N) is 2. The first-order valence-electron chi connectivity index (χ1n) is 11.9. The number of rotatable bonds is 6. The van der Waals surface area contributed by atoms with E-state index in [1.165, 1.54) is 12.3 Å². The normalized spacial score (nSPS) is 19.5. The summed E-state index contributed by atoms with van der Waals surface area (Å²) in [6.45, 7) is 6.96. The molecule has 184 valence electrons. The lowest BCUT2D eigenvalue weighted by atomic mass is 9.93. The number of carbonyl (C=O) groups is 2. The van der Waals surface area contributed by atoms with E-state index in [0.717, 1.165) is 5.56 Å². The van der Waals surface area contributed by atoms with Crippen molar-refractivity contribution in [2.45, 2.75) is 71.1 Å². The van der Waals surface area contributed by atoms with Crippen LogP contribution in [0.2, 0.25) is 0 Å². The number of pyridine rings is 1. The van der Waals surface area contributed by atoms with Gasteiger partial charge in [-0.05, 0) is 38.2 Å². The Hall–Kier alpha value is -2.94. The van der Waals surface area contributed by atoms with E-state index in [1.807, 2.05) is 25.7 Å². The number of hydrogen-bond donors (Lipinski definition) is 2. The van der Waals surface area contributed by atoms with Gasteiger partial charge in [-0.1, -0.05) is 13.8 Å². The predicted octanol–water partition coefficient (Wildman–Crippen LogP) is 3.23. The van der Waals surface area contributed by atoms with E-state index in [-0.39, 0.29) is 23.1 Å². The summed E-state index contributed by atoms with van der Waals surface area (Å²) in [5, 5.41) is 9.55. The molecule has 3 N–H and O–H groups in total. The minimum Gasteiger partial charge on any atom is -0.477 e. The minimum absolute atomic E-state index is 0.00722. The maximum Gasteiger partial charge on any atom is 0.341 e. The van der Waals surface area contributed by atoms with Crippen molar-refractivity contribution in [2.24, 2.45) is 11.7 Å². The van der Waals surface area contributed by atoms with Crippen molar-refractivity contribution >= 4 is 28.5 Å². The van der Waals surface area contributed by atoms with E-state index in [1.54, 1.807) is 4.57 Å². The molecule has 3 heterocycles. The smallest absolute Gasteiger partial charge is 0.341 e. The van der Waals surface area contributed by atoms with Crippen molar-refractivity contribution in [3.63, 3.8) is 0 Å². The summed E-state index contributed by atoms with van der Waals surface area (Å²) < 4.78 is 22.8. The van der Waals surface area contributed by atoms with Crippen LogP contribution in [0.3, 0.4) is 0 Å². The Kier molecular flexibility index (Phi) is 6.66. The van der Waals surface area contributed by atoms with Crippen molar-refractivity contribution in [1.82, 2.24) is 4.57 Å². The van der Waals surface area contributed by atoms with Crippen LogP contribution in [0.4, 0.5) is 10.1 Å². The van der Waals surface area contributed by atoms with Crippen molar-refractivity contribution in [1.29, 1.82) is 0 Å². The lowest BCUT2D eigenvalue weighted by Crippen LogP contribution is -2.42. The highest BCUT2D eigenvalue weighted by Gasteiger charge is 2.31. The third-order valence-electron chi connectivity index (χ3n) is 6.93. The second kappa shape index (κ2) is 9.37. The largest absolute Gasteiger partial charge is 0.477 e. The van der Waals surface area contributed by atoms with Gasteiger partial charge in [-0.25, -0.2) is 9.18 Å². The van der Waals surface area contributed by atoms with E-state index < -0.39 is 29.2 Å². The Bertz CT molecular complexity index is 1180. The minimum atomic E-state index is -1.32. The molecule has 4 rings (SSSR count). The molecule has 1 aromatic heterocycles. The van der Waals surface area contributed by atoms with Gasteiger partial charge in [-0.2, -0.15) is 0 Å². The molecule has 0 spiro atoms. The Morgan fingerprint density at radius 3 is 2.56 bits per heavy atom. The Morgan fingerprint density at radius 1 is 1.26 bits per heavy atom. The zero-order valence-electron chi connectivity index (χ0n) is 19.8. The predicted molar refractivity (Wildman–Crippen MR) is 127 cm³/mol. The second-order valence-corrected chi connectivity index (χ2v) is 9.91. The molecule has 9 heteroatoms. The van der Waals surface area contributed by atoms with Gasteiger partial charge in [0.25, 0.3) is 0 Å². The number of esters is 1. The third kappa shape index (κ3) is 4.41. The van der Waals surface area contributed by atoms with E-state index in [4.69, 9.17) is 10.5 Å². The van der Waals surface area contributed by atoms with Gasteiger partial charge in [0.1, 0.15) is 23.5 Å².